The van der Waals surface area contributed by atoms with Crippen LogP contribution in [0.5, 0.6) is 11.5 Å². The van der Waals surface area contributed by atoms with Crippen molar-refractivity contribution >= 4 is 12.0 Å². The Labute approximate surface area is 122 Å². The highest BCUT2D eigenvalue weighted by Crippen LogP contribution is 2.32. The third kappa shape index (κ3) is 3.17. The number of rotatable bonds is 3. The van der Waals surface area contributed by atoms with Crippen LogP contribution in [0, 0.1) is 0 Å². The summed E-state index contributed by atoms with van der Waals surface area (Å²) < 4.78 is 15.9. The van der Waals surface area contributed by atoms with Crippen LogP contribution in [0.15, 0.2) is 24.3 Å². The maximum atomic E-state index is 12.1. The van der Waals surface area contributed by atoms with Crippen molar-refractivity contribution in [3.8, 4) is 11.5 Å². The van der Waals surface area contributed by atoms with Crippen molar-refractivity contribution < 1.29 is 24.1 Å². The fourth-order valence-electron chi connectivity index (χ4n) is 2.32. The summed E-state index contributed by atoms with van der Waals surface area (Å²) in [6.07, 6.45) is 2.98. The van der Waals surface area contributed by atoms with Gasteiger partial charge in [0.1, 0.15) is 0 Å². The zero-order chi connectivity index (χ0) is 14.7. The Hall–Kier alpha value is -2.05. The van der Waals surface area contributed by atoms with Gasteiger partial charge < -0.3 is 24.2 Å². The van der Waals surface area contributed by atoms with E-state index in [-0.39, 0.29) is 25.4 Å². The van der Waals surface area contributed by atoms with Gasteiger partial charge in [0.25, 0.3) is 0 Å². The van der Waals surface area contributed by atoms with Crippen LogP contribution in [0.3, 0.4) is 0 Å². The maximum absolute atomic E-state index is 12.1. The van der Waals surface area contributed by atoms with Crippen molar-refractivity contribution in [2.45, 2.75) is 6.10 Å². The van der Waals surface area contributed by atoms with Gasteiger partial charge in [-0.25, -0.2) is 0 Å². The number of aliphatic hydroxyl groups excluding tert-OH is 1. The molecule has 6 heteroatoms. The van der Waals surface area contributed by atoms with Crippen LogP contribution in [0.1, 0.15) is 5.56 Å². The summed E-state index contributed by atoms with van der Waals surface area (Å²) in [6.45, 7) is 1.57. The van der Waals surface area contributed by atoms with Gasteiger partial charge in [-0.1, -0.05) is 6.07 Å². The minimum atomic E-state index is -0.290. The number of fused-ring (bicyclic) bond motifs is 1. The summed E-state index contributed by atoms with van der Waals surface area (Å²) in [7, 11) is 0. The molecular weight excluding hydrogens is 274 g/mol. The third-order valence-electron chi connectivity index (χ3n) is 3.47. The molecule has 1 unspecified atom stereocenters. The second-order valence-electron chi connectivity index (χ2n) is 4.91. The monoisotopic (exact) mass is 291 g/mol. The first-order valence-corrected chi connectivity index (χ1v) is 6.85. The molecule has 21 heavy (non-hydrogen) atoms. The van der Waals surface area contributed by atoms with E-state index in [1.165, 1.54) is 6.08 Å². The first kappa shape index (κ1) is 13.9. The van der Waals surface area contributed by atoms with Crippen molar-refractivity contribution in [3.05, 3.63) is 29.8 Å². The number of hydrogen-bond acceptors (Lipinski definition) is 5. The van der Waals surface area contributed by atoms with Gasteiger partial charge >= 0.3 is 0 Å². The molecule has 3 rings (SSSR count). The SMILES string of the molecule is O=C(/C=C/c1ccc2c(c1)OCO2)N1CCOC(CO)C1. The number of nitrogens with zero attached hydrogens (tertiary/aromatic N) is 1. The number of carbonyl (C=O) groups excluding carboxylic acids is 1. The number of ether oxygens (including phenoxy) is 3. The van der Waals surface area contributed by atoms with Crippen LogP contribution >= 0.6 is 0 Å². The van der Waals surface area contributed by atoms with Crippen molar-refractivity contribution in [3.63, 3.8) is 0 Å². The number of morpholine rings is 1. The molecule has 0 aliphatic carbocycles. The van der Waals surface area contributed by atoms with E-state index in [9.17, 15) is 4.79 Å². The lowest BCUT2D eigenvalue weighted by Gasteiger charge is -2.31. The number of benzene rings is 1. The first-order valence-electron chi connectivity index (χ1n) is 6.85. The van der Waals surface area contributed by atoms with Crippen LogP contribution in [0.25, 0.3) is 6.08 Å². The average molecular weight is 291 g/mol. The first-order chi connectivity index (χ1) is 10.3. The van der Waals surface area contributed by atoms with E-state index in [0.717, 1.165) is 11.3 Å². The molecule has 0 spiro atoms. The van der Waals surface area contributed by atoms with Crippen molar-refractivity contribution in [1.82, 2.24) is 4.90 Å². The predicted octanol–water partition coefficient (Wildman–Crippen LogP) is 0.648. The van der Waals surface area contributed by atoms with Crippen LogP contribution in [-0.2, 0) is 9.53 Å². The summed E-state index contributed by atoms with van der Waals surface area (Å²) in [6, 6.07) is 5.53. The summed E-state index contributed by atoms with van der Waals surface area (Å²) in [5.41, 5.74) is 0.875. The van der Waals surface area contributed by atoms with E-state index in [1.807, 2.05) is 18.2 Å². The largest absolute Gasteiger partial charge is 0.454 e. The Bertz CT molecular complexity index is 557. The molecule has 112 valence electrons. The molecule has 6 nitrogen and oxygen atoms in total. The minimum Gasteiger partial charge on any atom is -0.454 e. The Balaban J connectivity index is 1.64. The fourth-order valence-corrected chi connectivity index (χ4v) is 2.32. The van der Waals surface area contributed by atoms with Gasteiger partial charge in [0, 0.05) is 19.2 Å². The molecule has 1 fully saturated rings. The molecule has 0 saturated carbocycles. The summed E-state index contributed by atoms with van der Waals surface area (Å²) in [4.78, 5) is 13.8. The van der Waals surface area contributed by atoms with Crippen LogP contribution in [0.2, 0.25) is 0 Å². The van der Waals surface area contributed by atoms with Crippen molar-refractivity contribution in [1.29, 1.82) is 0 Å². The highest BCUT2D eigenvalue weighted by Gasteiger charge is 2.22. The lowest BCUT2D eigenvalue weighted by molar-refractivity contribution is -0.134. The second-order valence-corrected chi connectivity index (χ2v) is 4.91. The van der Waals surface area contributed by atoms with Gasteiger partial charge in [0.2, 0.25) is 12.7 Å². The second kappa shape index (κ2) is 6.15. The zero-order valence-electron chi connectivity index (χ0n) is 11.5. The highest BCUT2D eigenvalue weighted by atomic mass is 16.7. The van der Waals surface area contributed by atoms with Gasteiger partial charge in [-0.15, -0.1) is 0 Å². The van der Waals surface area contributed by atoms with Crippen LogP contribution in [0.4, 0.5) is 0 Å². The molecule has 2 heterocycles. The lowest BCUT2D eigenvalue weighted by atomic mass is 10.2. The standard InChI is InChI=1S/C15H17NO5/c17-9-12-8-16(5-6-19-12)15(18)4-2-11-1-3-13-14(7-11)21-10-20-13/h1-4,7,12,17H,5-6,8-10H2/b4-2+. The van der Waals surface area contributed by atoms with Gasteiger partial charge in [0.15, 0.2) is 11.5 Å². The topological polar surface area (TPSA) is 68.2 Å². The Morgan fingerprint density at radius 2 is 2.24 bits per heavy atom. The molecule has 0 aromatic heterocycles. The van der Waals surface area contributed by atoms with Crippen molar-refractivity contribution in [2.24, 2.45) is 0 Å². The number of aliphatic hydroxyl groups is 1. The van der Waals surface area contributed by atoms with Crippen molar-refractivity contribution in [2.75, 3.05) is 33.1 Å². The molecule has 1 N–H and O–H groups in total. The predicted molar refractivity (Wildman–Crippen MR) is 75.0 cm³/mol. The Morgan fingerprint density at radius 1 is 1.38 bits per heavy atom. The average Bonchev–Trinajstić information content (AvgIpc) is 3.00. The molecule has 1 atom stereocenters. The lowest BCUT2D eigenvalue weighted by Crippen LogP contribution is -2.46. The summed E-state index contributed by atoms with van der Waals surface area (Å²) in [5, 5.41) is 9.08. The molecule has 2 aliphatic heterocycles. The Morgan fingerprint density at radius 3 is 3.10 bits per heavy atom. The van der Waals surface area contributed by atoms with E-state index in [4.69, 9.17) is 19.3 Å². The smallest absolute Gasteiger partial charge is 0.246 e. The van der Waals surface area contributed by atoms with Gasteiger partial charge in [-0.2, -0.15) is 0 Å². The molecule has 0 bridgehead atoms. The van der Waals surface area contributed by atoms with E-state index in [1.54, 1.807) is 11.0 Å². The van der Waals surface area contributed by atoms with E-state index >= 15 is 0 Å². The molecule has 2 aliphatic rings. The number of amides is 1. The van der Waals surface area contributed by atoms with Crippen LogP contribution < -0.4 is 9.47 Å². The molecule has 1 aromatic rings. The molecule has 1 amide bonds. The van der Waals surface area contributed by atoms with Gasteiger partial charge in [-0.3, -0.25) is 4.79 Å². The zero-order valence-corrected chi connectivity index (χ0v) is 11.5. The third-order valence-corrected chi connectivity index (χ3v) is 3.47. The normalized spacial score (nSPS) is 21.0. The van der Waals surface area contributed by atoms with Gasteiger partial charge in [-0.05, 0) is 23.8 Å². The molecule has 1 aromatic carbocycles. The van der Waals surface area contributed by atoms with Crippen LogP contribution in [-0.4, -0.2) is 55.1 Å². The van der Waals surface area contributed by atoms with E-state index in [2.05, 4.69) is 0 Å². The van der Waals surface area contributed by atoms with E-state index in [0.29, 0.717) is 25.4 Å². The fraction of sp³-hybridized carbons (Fsp3) is 0.400. The van der Waals surface area contributed by atoms with Gasteiger partial charge in [0.05, 0.1) is 19.3 Å². The molecular formula is C15H17NO5. The summed E-state index contributed by atoms with van der Waals surface area (Å²) in [5.74, 6) is 1.32. The van der Waals surface area contributed by atoms with E-state index < -0.39 is 0 Å². The highest BCUT2D eigenvalue weighted by molar-refractivity contribution is 5.92. The number of carbonyl (C=O) groups is 1. The molecule has 1 saturated heterocycles. The maximum Gasteiger partial charge on any atom is 0.246 e. The quantitative estimate of drug-likeness (QED) is 0.828. The Kier molecular flexibility index (Phi) is 4.08. The minimum absolute atomic E-state index is 0.0738. The summed E-state index contributed by atoms with van der Waals surface area (Å²) >= 11 is 0. The number of hydrogen-bond donors (Lipinski definition) is 1. The molecule has 0 radical (unpaired) electrons.